The van der Waals surface area contributed by atoms with E-state index in [-0.39, 0.29) is 18.3 Å². The van der Waals surface area contributed by atoms with Gasteiger partial charge in [0.2, 0.25) is 0 Å². The molecule has 0 saturated heterocycles. The van der Waals surface area contributed by atoms with Crippen LogP contribution in [0.3, 0.4) is 0 Å². The summed E-state index contributed by atoms with van der Waals surface area (Å²) in [6.07, 6.45) is 3.24. The summed E-state index contributed by atoms with van der Waals surface area (Å²) in [5.74, 6) is 1.29. The number of likely N-dealkylation sites (N-methyl/N-ethyl adjacent to an activating group) is 1. The molecule has 0 radical (unpaired) electrons. The van der Waals surface area contributed by atoms with Gasteiger partial charge in [0.25, 0.3) is 5.91 Å². The van der Waals surface area contributed by atoms with Crippen LogP contribution in [0.25, 0.3) is 16.8 Å². The summed E-state index contributed by atoms with van der Waals surface area (Å²) >= 11 is 0. The van der Waals surface area contributed by atoms with Crippen LogP contribution in [-0.2, 0) is 4.79 Å². The third kappa shape index (κ3) is 4.60. The molecule has 0 heterocycles. The quantitative estimate of drug-likeness (QED) is 0.455. The van der Waals surface area contributed by atoms with Gasteiger partial charge in [0, 0.05) is 18.0 Å². The SMILES string of the molecule is CNC(=O)COc1ccc(/C=C/C(=O)c2ccc(OC)c3ccccc23)cc1OC. The van der Waals surface area contributed by atoms with E-state index in [1.807, 2.05) is 24.3 Å². The summed E-state index contributed by atoms with van der Waals surface area (Å²) < 4.78 is 16.2. The van der Waals surface area contributed by atoms with Gasteiger partial charge in [0.15, 0.2) is 23.9 Å². The number of carbonyl (C=O) groups excluding carboxylic acids is 2. The van der Waals surface area contributed by atoms with Crippen molar-refractivity contribution in [1.82, 2.24) is 5.32 Å². The second-order valence-electron chi connectivity index (χ2n) is 6.43. The number of fused-ring (bicyclic) bond motifs is 1. The van der Waals surface area contributed by atoms with Crippen LogP contribution in [0.4, 0.5) is 0 Å². The number of hydrogen-bond acceptors (Lipinski definition) is 5. The van der Waals surface area contributed by atoms with Crippen LogP contribution >= 0.6 is 0 Å². The lowest BCUT2D eigenvalue weighted by atomic mass is 10.00. The van der Waals surface area contributed by atoms with Gasteiger partial charge < -0.3 is 19.5 Å². The van der Waals surface area contributed by atoms with E-state index < -0.39 is 0 Å². The molecule has 0 spiro atoms. The Kier molecular flexibility index (Phi) is 6.70. The summed E-state index contributed by atoms with van der Waals surface area (Å²) in [4.78, 5) is 24.2. The van der Waals surface area contributed by atoms with Crippen LogP contribution < -0.4 is 19.5 Å². The topological polar surface area (TPSA) is 73.9 Å². The maximum Gasteiger partial charge on any atom is 0.257 e. The van der Waals surface area contributed by atoms with Crippen LogP contribution in [-0.4, -0.2) is 39.6 Å². The molecule has 0 aliphatic carbocycles. The van der Waals surface area contributed by atoms with Gasteiger partial charge in [-0.3, -0.25) is 9.59 Å². The molecule has 6 nitrogen and oxygen atoms in total. The number of allylic oxidation sites excluding steroid dienone is 1. The first-order valence-electron chi connectivity index (χ1n) is 9.37. The largest absolute Gasteiger partial charge is 0.496 e. The van der Waals surface area contributed by atoms with Crippen LogP contribution in [0.5, 0.6) is 17.2 Å². The summed E-state index contributed by atoms with van der Waals surface area (Å²) in [6, 6.07) is 16.4. The number of hydrogen-bond donors (Lipinski definition) is 1. The first-order valence-corrected chi connectivity index (χ1v) is 9.37. The van der Waals surface area contributed by atoms with Crippen molar-refractivity contribution in [1.29, 1.82) is 0 Å². The Labute approximate surface area is 175 Å². The highest BCUT2D eigenvalue weighted by Crippen LogP contribution is 2.30. The molecule has 0 aliphatic heterocycles. The molecule has 0 aliphatic rings. The van der Waals surface area contributed by atoms with E-state index in [4.69, 9.17) is 14.2 Å². The number of amides is 1. The highest BCUT2D eigenvalue weighted by molar-refractivity contribution is 6.15. The molecule has 0 atom stereocenters. The third-order valence-electron chi connectivity index (χ3n) is 4.62. The van der Waals surface area contributed by atoms with Gasteiger partial charge in [-0.25, -0.2) is 0 Å². The zero-order valence-electron chi connectivity index (χ0n) is 17.1. The molecule has 0 fully saturated rings. The number of benzene rings is 3. The molecule has 6 heteroatoms. The number of rotatable bonds is 8. The van der Waals surface area contributed by atoms with Crippen molar-refractivity contribution in [3.63, 3.8) is 0 Å². The lowest BCUT2D eigenvalue weighted by molar-refractivity contribution is -0.122. The van der Waals surface area contributed by atoms with E-state index in [1.165, 1.54) is 13.2 Å². The number of nitrogens with one attached hydrogen (secondary N) is 1. The summed E-state index contributed by atoms with van der Waals surface area (Å²) in [7, 11) is 4.67. The summed E-state index contributed by atoms with van der Waals surface area (Å²) in [5.41, 5.74) is 1.37. The van der Waals surface area contributed by atoms with Crippen molar-refractivity contribution in [3.8, 4) is 17.2 Å². The molecule has 3 aromatic rings. The Hall–Kier alpha value is -3.80. The van der Waals surface area contributed by atoms with Crippen molar-refractivity contribution in [2.45, 2.75) is 0 Å². The average molecular weight is 405 g/mol. The molecule has 0 saturated carbocycles. The van der Waals surface area contributed by atoms with Gasteiger partial charge in [0.1, 0.15) is 5.75 Å². The Morgan fingerprint density at radius 3 is 2.30 bits per heavy atom. The number of carbonyl (C=O) groups is 2. The summed E-state index contributed by atoms with van der Waals surface area (Å²) in [6.45, 7) is -0.106. The minimum absolute atomic E-state index is 0.106. The van der Waals surface area contributed by atoms with Crippen molar-refractivity contribution < 1.29 is 23.8 Å². The molecule has 154 valence electrons. The first-order chi connectivity index (χ1) is 14.6. The van der Waals surface area contributed by atoms with Crippen LogP contribution in [0.1, 0.15) is 15.9 Å². The fraction of sp³-hybridized carbons (Fsp3) is 0.167. The zero-order valence-corrected chi connectivity index (χ0v) is 17.1. The van der Waals surface area contributed by atoms with Crippen molar-refractivity contribution in [2.75, 3.05) is 27.9 Å². The van der Waals surface area contributed by atoms with E-state index in [9.17, 15) is 9.59 Å². The zero-order chi connectivity index (χ0) is 21.5. The van der Waals surface area contributed by atoms with E-state index >= 15 is 0 Å². The van der Waals surface area contributed by atoms with E-state index in [2.05, 4.69) is 5.32 Å². The average Bonchev–Trinajstić information content (AvgIpc) is 2.80. The first kappa shape index (κ1) is 20.9. The van der Waals surface area contributed by atoms with Gasteiger partial charge in [-0.1, -0.05) is 36.4 Å². The highest BCUT2D eigenvalue weighted by Gasteiger charge is 2.11. The predicted octanol–water partition coefficient (Wildman–Crippen LogP) is 3.88. The fourth-order valence-corrected chi connectivity index (χ4v) is 3.05. The number of ether oxygens (including phenoxy) is 3. The highest BCUT2D eigenvalue weighted by atomic mass is 16.5. The molecule has 30 heavy (non-hydrogen) atoms. The number of methoxy groups -OCH3 is 2. The Morgan fingerprint density at radius 2 is 1.60 bits per heavy atom. The maximum absolute atomic E-state index is 12.8. The smallest absolute Gasteiger partial charge is 0.257 e. The van der Waals surface area contributed by atoms with Gasteiger partial charge in [-0.15, -0.1) is 0 Å². The minimum atomic E-state index is -0.238. The van der Waals surface area contributed by atoms with E-state index in [1.54, 1.807) is 50.6 Å². The van der Waals surface area contributed by atoms with Gasteiger partial charge in [-0.2, -0.15) is 0 Å². The minimum Gasteiger partial charge on any atom is -0.496 e. The lowest BCUT2D eigenvalue weighted by Gasteiger charge is -2.11. The molecule has 0 aromatic heterocycles. The molecule has 1 N–H and O–H groups in total. The van der Waals surface area contributed by atoms with Crippen molar-refractivity contribution in [3.05, 3.63) is 71.8 Å². The molecule has 3 rings (SSSR count). The summed E-state index contributed by atoms with van der Waals surface area (Å²) in [5, 5.41) is 4.21. The Morgan fingerprint density at radius 1 is 0.900 bits per heavy atom. The second kappa shape index (κ2) is 9.60. The molecule has 3 aromatic carbocycles. The third-order valence-corrected chi connectivity index (χ3v) is 4.62. The van der Waals surface area contributed by atoms with Crippen LogP contribution in [0.2, 0.25) is 0 Å². The molecule has 1 amide bonds. The number of ketones is 1. The second-order valence-corrected chi connectivity index (χ2v) is 6.43. The molecule has 0 unspecified atom stereocenters. The van der Waals surface area contributed by atoms with Crippen molar-refractivity contribution >= 4 is 28.5 Å². The predicted molar refractivity (Wildman–Crippen MR) is 116 cm³/mol. The lowest BCUT2D eigenvalue weighted by Crippen LogP contribution is -2.24. The maximum atomic E-state index is 12.8. The van der Waals surface area contributed by atoms with E-state index in [0.29, 0.717) is 17.1 Å². The Bertz CT molecular complexity index is 1100. The monoisotopic (exact) mass is 405 g/mol. The normalized spacial score (nSPS) is 10.8. The fourth-order valence-electron chi connectivity index (χ4n) is 3.05. The van der Waals surface area contributed by atoms with Crippen molar-refractivity contribution in [2.24, 2.45) is 0 Å². The van der Waals surface area contributed by atoms with Gasteiger partial charge in [-0.05, 0) is 41.3 Å². The molecule has 0 bridgehead atoms. The van der Waals surface area contributed by atoms with Gasteiger partial charge >= 0.3 is 0 Å². The van der Waals surface area contributed by atoms with Gasteiger partial charge in [0.05, 0.1) is 14.2 Å². The molecular formula is C24H23NO5. The van der Waals surface area contributed by atoms with Crippen LogP contribution in [0, 0.1) is 0 Å². The van der Waals surface area contributed by atoms with E-state index in [0.717, 1.165) is 22.1 Å². The van der Waals surface area contributed by atoms with Crippen LogP contribution in [0.15, 0.2) is 60.7 Å². The standard InChI is InChI=1S/C24H23NO5/c1-25-24(27)15-30-22-12-9-16(14-23(22)29-3)8-11-20(26)18-10-13-21(28-2)19-7-5-4-6-17(18)19/h4-14H,15H2,1-3H3,(H,25,27)/b11-8+. The Balaban J connectivity index is 1.83. The molecular weight excluding hydrogens is 382 g/mol.